The second-order valence-electron chi connectivity index (χ2n) is 6.06. The number of nitrogens with one attached hydrogen (secondary N) is 1. The van der Waals surface area contributed by atoms with Crippen LogP contribution in [0.15, 0.2) is 24.3 Å². The van der Waals surface area contributed by atoms with Gasteiger partial charge >= 0.3 is 0 Å². The molecule has 2 N–H and O–H groups in total. The monoisotopic (exact) mass is 292 g/mol. The average Bonchev–Trinajstić information content (AvgIpc) is 3.00. The molecule has 1 aliphatic rings. The van der Waals surface area contributed by atoms with Gasteiger partial charge in [0.1, 0.15) is 5.75 Å². The molecule has 118 valence electrons. The van der Waals surface area contributed by atoms with E-state index >= 15 is 0 Å². The summed E-state index contributed by atoms with van der Waals surface area (Å²) in [6.45, 7) is 7.44. The molecular weight excluding hydrogens is 264 g/mol. The van der Waals surface area contributed by atoms with E-state index in [0.717, 1.165) is 24.4 Å². The van der Waals surface area contributed by atoms with Gasteiger partial charge in [-0.15, -0.1) is 0 Å². The second kappa shape index (κ2) is 8.37. The Kier molecular flexibility index (Phi) is 6.49. The fourth-order valence-electron chi connectivity index (χ4n) is 2.90. The quantitative estimate of drug-likeness (QED) is 0.770. The van der Waals surface area contributed by atoms with E-state index in [4.69, 9.17) is 4.74 Å². The molecule has 1 heterocycles. The summed E-state index contributed by atoms with van der Waals surface area (Å²) < 4.78 is 5.19. The van der Waals surface area contributed by atoms with E-state index in [2.05, 4.69) is 17.1 Å². The van der Waals surface area contributed by atoms with Gasteiger partial charge in [0.2, 0.25) is 0 Å². The van der Waals surface area contributed by atoms with Crippen molar-refractivity contribution in [1.29, 1.82) is 0 Å². The van der Waals surface area contributed by atoms with Crippen LogP contribution in [0.2, 0.25) is 0 Å². The second-order valence-corrected chi connectivity index (χ2v) is 6.06. The van der Waals surface area contributed by atoms with Gasteiger partial charge in [-0.25, -0.2) is 0 Å². The molecule has 2 rings (SSSR count). The van der Waals surface area contributed by atoms with Gasteiger partial charge in [-0.2, -0.15) is 0 Å². The topological polar surface area (TPSA) is 44.7 Å². The minimum absolute atomic E-state index is 0.487. The van der Waals surface area contributed by atoms with Crippen molar-refractivity contribution in [3.63, 3.8) is 0 Å². The van der Waals surface area contributed by atoms with Crippen molar-refractivity contribution in [3.8, 4) is 5.75 Å². The molecule has 2 unspecified atom stereocenters. The predicted molar refractivity (Wildman–Crippen MR) is 85.7 cm³/mol. The first-order valence-corrected chi connectivity index (χ1v) is 7.94. The Bertz CT molecular complexity index is 419. The van der Waals surface area contributed by atoms with Gasteiger partial charge in [0, 0.05) is 13.1 Å². The highest BCUT2D eigenvalue weighted by Gasteiger charge is 2.15. The van der Waals surface area contributed by atoms with Crippen molar-refractivity contribution in [3.05, 3.63) is 29.8 Å². The molecular formula is C17H28N2O2. The number of methoxy groups -OCH3 is 1. The lowest BCUT2D eigenvalue weighted by molar-refractivity contribution is 0.170. The molecule has 1 aliphatic heterocycles. The van der Waals surface area contributed by atoms with Gasteiger partial charge in [-0.05, 0) is 56.1 Å². The Morgan fingerprint density at radius 1 is 1.29 bits per heavy atom. The molecule has 0 amide bonds. The fraction of sp³-hybridized carbons (Fsp3) is 0.647. The molecule has 0 bridgehead atoms. The summed E-state index contributed by atoms with van der Waals surface area (Å²) in [7, 11) is 1.64. The number of benzene rings is 1. The van der Waals surface area contributed by atoms with Crippen LogP contribution in [0.1, 0.15) is 31.4 Å². The number of ether oxygens (including phenoxy) is 1. The number of hydrogen-bond acceptors (Lipinski definition) is 4. The van der Waals surface area contributed by atoms with Crippen LogP contribution in [0.4, 0.5) is 0 Å². The maximum absolute atomic E-state index is 10.2. The van der Waals surface area contributed by atoms with Gasteiger partial charge in [-0.1, -0.05) is 19.1 Å². The SMILES string of the molecule is COc1cccc(C(O)CNCC(C)CN2CCCC2)c1. The molecule has 0 aliphatic carbocycles. The van der Waals surface area contributed by atoms with E-state index in [1.165, 1.54) is 25.9 Å². The number of aliphatic hydroxyl groups excluding tert-OH is 1. The highest BCUT2D eigenvalue weighted by molar-refractivity contribution is 5.29. The Labute approximate surface area is 128 Å². The normalized spacial score (nSPS) is 18.6. The van der Waals surface area contributed by atoms with Crippen molar-refractivity contribution in [2.24, 2.45) is 5.92 Å². The summed E-state index contributed by atoms with van der Waals surface area (Å²) in [5.74, 6) is 1.40. The van der Waals surface area contributed by atoms with Crippen LogP contribution < -0.4 is 10.1 Å². The van der Waals surface area contributed by atoms with Crippen LogP contribution in [-0.4, -0.2) is 49.8 Å². The lowest BCUT2D eigenvalue weighted by atomic mass is 10.1. The third kappa shape index (κ3) is 5.30. The van der Waals surface area contributed by atoms with E-state index < -0.39 is 6.10 Å². The van der Waals surface area contributed by atoms with Crippen LogP contribution in [-0.2, 0) is 0 Å². The zero-order chi connectivity index (χ0) is 15.1. The summed E-state index contributed by atoms with van der Waals surface area (Å²) >= 11 is 0. The molecule has 4 nitrogen and oxygen atoms in total. The largest absolute Gasteiger partial charge is 0.497 e. The number of rotatable bonds is 8. The molecule has 1 aromatic carbocycles. The van der Waals surface area contributed by atoms with Crippen LogP contribution >= 0.6 is 0 Å². The molecule has 0 aromatic heterocycles. The minimum Gasteiger partial charge on any atom is -0.497 e. The standard InChI is InChI=1S/C17H28N2O2/c1-14(13-19-8-3-4-9-19)11-18-12-17(20)15-6-5-7-16(10-15)21-2/h5-7,10,14,17-18,20H,3-4,8-9,11-13H2,1-2H3. The van der Waals surface area contributed by atoms with Gasteiger partial charge in [0.15, 0.2) is 0 Å². The van der Waals surface area contributed by atoms with E-state index in [1.807, 2.05) is 24.3 Å². The molecule has 2 atom stereocenters. The predicted octanol–water partition coefficient (Wildman–Crippen LogP) is 2.05. The molecule has 1 aromatic rings. The summed E-state index contributed by atoms with van der Waals surface area (Å²) in [6.07, 6.45) is 2.20. The highest BCUT2D eigenvalue weighted by Crippen LogP contribution is 2.18. The first kappa shape index (κ1) is 16.3. The average molecular weight is 292 g/mol. The zero-order valence-corrected chi connectivity index (χ0v) is 13.2. The van der Waals surface area contributed by atoms with Gasteiger partial charge in [-0.3, -0.25) is 0 Å². The summed E-state index contributed by atoms with van der Waals surface area (Å²) in [4.78, 5) is 2.53. The molecule has 0 spiro atoms. The summed E-state index contributed by atoms with van der Waals surface area (Å²) in [5.41, 5.74) is 0.897. The van der Waals surface area contributed by atoms with E-state index in [9.17, 15) is 5.11 Å². The van der Waals surface area contributed by atoms with Gasteiger partial charge < -0.3 is 20.1 Å². The van der Waals surface area contributed by atoms with Crippen molar-refractivity contribution < 1.29 is 9.84 Å². The number of likely N-dealkylation sites (tertiary alicyclic amines) is 1. The Morgan fingerprint density at radius 3 is 2.76 bits per heavy atom. The van der Waals surface area contributed by atoms with Gasteiger partial charge in [0.25, 0.3) is 0 Å². The van der Waals surface area contributed by atoms with Crippen LogP contribution in [0.3, 0.4) is 0 Å². The van der Waals surface area contributed by atoms with Gasteiger partial charge in [0.05, 0.1) is 13.2 Å². The maximum Gasteiger partial charge on any atom is 0.119 e. The molecule has 0 saturated carbocycles. The van der Waals surface area contributed by atoms with Crippen molar-refractivity contribution >= 4 is 0 Å². The van der Waals surface area contributed by atoms with Crippen LogP contribution in [0.5, 0.6) is 5.75 Å². The van der Waals surface area contributed by atoms with Crippen LogP contribution in [0.25, 0.3) is 0 Å². The fourth-order valence-corrected chi connectivity index (χ4v) is 2.90. The first-order valence-electron chi connectivity index (χ1n) is 7.94. The Hall–Kier alpha value is -1.10. The number of aliphatic hydroxyl groups is 1. The third-order valence-corrected chi connectivity index (χ3v) is 4.08. The van der Waals surface area contributed by atoms with Crippen LogP contribution in [0, 0.1) is 5.92 Å². The minimum atomic E-state index is -0.487. The Balaban J connectivity index is 1.69. The van der Waals surface area contributed by atoms with E-state index in [-0.39, 0.29) is 0 Å². The summed E-state index contributed by atoms with van der Waals surface area (Å²) in [6, 6.07) is 7.62. The number of nitrogens with zero attached hydrogens (tertiary/aromatic N) is 1. The lowest BCUT2D eigenvalue weighted by Gasteiger charge is -2.21. The maximum atomic E-state index is 10.2. The van der Waals surface area contributed by atoms with E-state index in [1.54, 1.807) is 7.11 Å². The smallest absolute Gasteiger partial charge is 0.119 e. The molecule has 1 fully saturated rings. The van der Waals surface area contributed by atoms with Crippen molar-refractivity contribution in [1.82, 2.24) is 10.2 Å². The summed E-state index contributed by atoms with van der Waals surface area (Å²) in [5, 5.41) is 13.6. The lowest BCUT2D eigenvalue weighted by Crippen LogP contribution is -2.33. The third-order valence-electron chi connectivity index (χ3n) is 4.08. The zero-order valence-electron chi connectivity index (χ0n) is 13.2. The van der Waals surface area contributed by atoms with E-state index in [0.29, 0.717) is 12.5 Å². The number of hydrogen-bond donors (Lipinski definition) is 2. The molecule has 4 heteroatoms. The molecule has 0 radical (unpaired) electrons. The highest BCUT2D eigenvalue weighted by atomic mass is 16.5. The van der Waals surface area contributed by atoms with Crippen molar-refractivity contribution in [2.45, 2.75) is 25.9 Å². The van der Waals surface area contributed by atoms with Crippen molar-refractivity contribution in [2.75, 3.05) is 39.8 Å². The molecule has 1 saturated heterocycles. The molecule has 21 heavy (non-hydrogen) atoms. The Morgan fingerprint density at radius 2 is 2.05 bits per heavy atom. The first-order chi connectivity index (χ1) is 10.2.